The molecule has 1 aliphatic heterocycles. The summed E-state index contributed by atoms with van der Waals surface area (Å²) in [5, 5.41) is 3.13. The molecule has 1 aliphatic rings. The summed E-state index contributed by atoms with van der Waals surface area (Å²) in [6.07, 6.45) is 4.72. The summed E-state index contributed by atoms with van der Waals surface area (Å²) >= 11 is 0. The molecule has 0 aliphatic carbocycles. The summed E-state index contributed by atoms with van der Waals surface area (Å²) < 4.78 is 11.0. The number of aromatic nitrogens is 1. The Morgan fingerprint density at radius 2 is 1.85 bits per heavy atom. The van der Waals surface area contributed by atoms with Crippen LogP contribution in [0.2, 0.25) is 0 Å². The van der Waals surface area contributed by atoms with Crippen molar-refractivity contribution in [3.05, 3.63) is 78.2 Å². The molecule has 138 valence electrons. The van der Waals surface area contributed by atoms with Crippen molar-refractivity contribution < 1.29 is 13.9 Å². The number of carbonyl (C=O) groups excluding carboxylic acids is 1. The Bertz CT molecular complexity index is 885. The number of amides is 1. The lowest BCUT2D eigenvalue weighted by molar-refractivity contribution is -0.130. The van der Waals surface area contributed by atoms with Gasteiger partial charge >= 0.3 is 0 Å². The van der Waals surface area contributed by atoms with Gasteiger partial charge in [-0.15, -0.1) is 0 Å². The molecule has 3 aromatic rings. The third kappa shape index (κ3) is 3.51. The van der Waals surface area contributed by atoms with Crippen molar-refractivity contribution in [2.45, 2.75) is 24.8 Å². The second-order valence-electron chi connectivity index (χ2n) is 6.73. The maximum atomic E-state index is 13.3. The average Bonchev–Trinajstić information content (AvgIpc) is 3.28. The second-order valence-corrected chi connectivity index (χ2v) is 6.73. The summed E-state index contributed by atoms with van der Waals surface area (Å²) in [7, 11) is 0. The fourth-order valence-electron chi connectivity index (χ4n) is 3.68. The Labute approximate surface area is 158 Å². The zero-order valence-corrected chi connectivity index (χ0v) is 15.1. The van der Waals surface area contributed by atoms with E-state index in [1.54, 1.807) is 12.5 Å². The van der Waals surface area contributed by atoms with Gasteiger partial charge in [0.05, 0.1) is 11.7 Å². The lowest BCUT2D eigenvalue weighted by Crippen LogP contribution is -2.47. The number of benzene rings is 1. The van der Waals surface area contributed by atoms with E-state index in [1.807, 2.05) is 54.6 Å². The quantitative estimate of drug-likeness (QED) is 0.752. The SMILES string of the molecule is O=C(NCc1cccnc1-c1ccco1)C1(c2ccccc2)CCOCC1. The minimum absolute atomic E-state index is 0.0336. The monoisotopic (exact) mass is 362 g/mol. The highest BCUT2D eigenvalue weighted by molar-refractivity contribution is 5.88. The zero-order valence-electron chi connectivity index (χ0n) is 15.1. The molecular formula is C22H22N2O3. The summed E-state index contributed by atoms with van der Waals surface area (Å²) in [4.78, 5) is 17.7. The molecule has 0 bridgehead atoms. The Morgan fingerprint density at radius 1 is 1.04 bits per heavy atom. The van der Waals surface area contributed by atoms with Crippen molar-refractivity contribution in [2.24, 2.45) is 0 Å². The van der Waals surface area contributed by atoms with Crippen LogP contribution in [-0.2, 0) is 21.5 Å². The van der Waals surface area contributed by atoms with Crippen LogP contribution in [-0.4, -0.2) is 24.1 Å². The normalized spacial score (nSPS) is 16.0. The number of hydrogen-bond acceptors (Lipinski definition) is 4. The summed E-state index contributed by atoms with van der Waals surface area (Å²) in [6.45, 7) is 1.58. The molecule has 1 saturated heterocycles. The van der Waals surface area contributed by atoms with Crippen molar-refractivity contribution in [3.63, 3.8) is 0 Å². The minimum Gasteiger partial charge on any atom is -0.463 e. The van der Waals surface area contributed by atoms with Crippen LogP contribution < -0.4 is 5.32 Å². The van der Waals surface area contributed by atoms with Crippen LogP contribution >= 0.6 is 0 Å². The molecule has 1 amide bonds. The standard InChI is InChI=1S/C22H22N2O3/c25-21(22(10-14-26-15-11-22)18-7-2-1-3-8-18)24-16-17-6-4-12-23-20(17)19-9-5-13-27-19/h1-9,12-13H,10-11,14-16H2,(H,24,25). The van der Waals surface area contributed by atoms with E-state index >= 15 is 0 Å². The summed E-state index contributed by atoms with van der Waals surface area (Å²) in [6, 6.07) is 17.5. The lowest BCUT2D eigenvalue weighted by Gasteiger charge is -2.36. The van der Waals surface area contributed by atoms with E-state index in [1.165, 1.54) is 0 Å². The molecule has 0 unspecified atom stereocenters. The first-order chi connectivity index (χ1) is 13.3. The zero-order chi connectivity index (χ0) is 18.5. The Morgan fingerprint density at radius 3 is 2.59 bits per heavy atom. The van der Waals surface area contributed by atoms with Gasteiger partial charge in [-0.05, 0) is 36.6 Å². The maximum Gasteiger partial charge on any atom is 0.231 e. The van der Waals surface area contributed by atoms with Gasteiger partial charge in [0.15, 0.2) is 5.76 Å². The van der Waals surface area contributed by atoms with Gasteiger partial charge in [0.25, 0.3) is 0 Å². The van der Waals surface area contributed by atoms with Gasteiger partial charge in [-0.25, -0.2) is 0 Å². The Hall–Kier alpha value is -2.92. The molecule has 4 rings (SSSR count). The molecule has 1 aromatic carbocycles. The largest absolute Gasteiger partial charge is 0.463 e. The molecule has 2 aromatic heterocycles. The van der Waals surface area contributed by atoms with Gasteiger partial charge < -0.3 is 14.5 Å². The van der Waals surface area contributed by atoms with E-state index in [4.69, 9.17) is 9.15 Å². The number of carbonyl (C=O) groups is 1. The van der Waals surface area contributed by atoms with E-state index in [-0.39, 0.29) is 5.91 Å². The van der Waals surface area contributed by atoms with Crippen molar-refractivity contribution in [2.75, 3.05) is 13.2 Å². The predicted octanol–water partition coefficient (Wildman–Crippen LogP) is 3.71. The molecule has 27 heavy (non-hydrogen) atoms. The van der Waals surface area contributed by atoms with E-state index in [9.17, 15) is 4.79 Å². The van der Waals surface area contributed by atoms with E-state index < -0.39 is 5.41 Å². The van der Waals surface area contributed by atoms with Crippen LogP contribution in [0.5, 0.6) is 0 Å². The van der Waals surface area contributed by atoms with Gasteiger partial charge in [-0.1, -0.05) is 36.4 Å². The van der Waals surface area contributed by atoms with E-state index in [0.29, 0.717) is 38.4 Å². The van der Waals surface area contributed by atoms with Gasteiger partial charge in [-0.3, -0.25) is 9.78 Å². The first kappa shape index (κ1) is 17.5. The fraction of sp³-hybridized carbons (Fsp3) is 0.273. The molecule has 0 atom stereocenters. The third-order valence-corrected chi connectivity index (χ3v) is 5.19. The highest BCUT2D eigenvalue weighted by atomic mass is 16.5. The van der Waals surface area contributed by atoms with Crippen LogP contribution in [0.1, 0.15) is 24.0 Å². The smallest absolute Gasteiger partial charge is 0.231 e. The molecule has 5 heteroatoms. The van der Waals surface area contributed by atoms with Crippen LogP contribution in [0.15, 0.2) is 71.5 Å². The van der Waals surface area contributed by atoms with Gasteiger partial charge in [0, 0.05) is 31.5 Å². The van der Waals surface area contributed by atoms with Crippen molar-refractivity contribution in [1.82, 2.24) is 10.3 Å². The molecule has 5 nitrogen and oxygen atoms in total. The molecule has 0 spiro atoms. The van der Waals surface area contributed by atoms with Crippen molar-refractivity contribution in [3.8, 4) is 11.5 Å². The second kappa shape index (κ2) is 7.76. The highest BCUT2D eigenvalue weighted by Gasteiger charge is 2.41. The molecule has 1 fully saturated rings. The Kier molecular flexibility index (Phi) is 5.03. The summed E-state index contributed by atoms with van der Waals surface area (Å²) in [5.41, 5.74) is 2.18. The number of rotatable bonds is 5. The maximum absolute atomic E-state index is 13.3. The highest BCUT2D eigenvalue weighted by Crippen LogP contribution is 2.35. The molecule has 0 saturated carbocycles. The van der Waals surface area contributed by atoms with Crippen molar-refractivity contribution in [1.29, 1.82) is 0 Å². The first-order valence-corrected chi connectivity index (χ1v) is 9.19. The predicted molar refractivity (Wildman–Crippen MR) is 102 cm³/mol. The molecule has 0 radical (unpaired) electrons. The Balaban J connectivity index is 1.57. The number of ether oxygens (including phenoxy) is 1. The average molecular weight is 362 g/mol. The number of nitrogens with one attached hydrogen (secondary N) is 1. The molecule has 1 N–H and O–H groups in total. The van der Waals surface area contributed by atoms with Crippen LogP contribution in [0.4, 0.5) is 0 Å². The number of nitrogens with zero attached hydrogens (tertiary/aromatic N) is 1. The van der Waals surface area contributed by atoms with Gasteiger partial charge in [0.1, 0.15) is 5.69 Å². The van der Waals surface area contributed by atoms with Gasteiger partial charge in [0.2, 0.25) is 5.91 Å². The van der Waals surface area contributed by atoms with E-state index in [2.05, 4.69) is 10.3 Å². The van der Waals surface area contributed by atoms with Crippen molar-refractivity contribution >= 4 is 5.91 Å². The number of hydrogen-bond donors (Lipinski definition) is 1. The first-order valence-electron chi connectivity index (χ1n) is 9.19. The third-order valence-electron chi connectivity index (χ3n) is 5.19. The summed E-state index contributed by atoms with van der Waals surface area (Å²) in [5.74, 6) is 0.731. The van der Waals surface area contributed by atoms with Gasteiger partial charge in [-0.2, -0.15) is 0 Å². The fourth-order valence-corrected chi connectivity index (χ4v) is 3.68. The lowest BCUT2D eigenvalue weighted by atomic mass is 9.73. The van der Waals surface area contributed by atoms with Crippen LogP contribution in [0.3, 0.4) is 0 Å². The minimum atomic E-state index is -0.549. The molecular weight excluding hydrogens is 340 g/mol. The topological polar surface area (TPSA) is 64.4 Å². The molecule has 3 heterocycles. The number of pyridine rings is 1. The van der Waals surface area contributed by atoms with E-state index in [0.717, 1.165) is 16.8 Å². The van der Waals surface area contributed by atoms with Crippen LogP contribution in [0.25, 0.3) is 11.5 Å². The van der Waals surface area contributed by atoms with Crippen LogP contribution in [0, 0.1) is 0 Å². The number of furan rings is 1.